The second kappa shape index (κ2) is 10.00. The highest BCUT2D eigenvalue weighted by Crippen LogP contribution is 2.32. The monoisotopic (exact) mass is 525 g/mol. The number of anilines is 1. The van der Waals surface area contributed by atoms with Gasteiger partial charge in [-0.1, -0.05) is 66.2 Å². The minimum atomic E-state index is -3.60. The Kier molecular flexibility index (Phi) is 6.39. The van der Waals surface area contributed by atoms with Crippen molar-refractivity contribution in [1.29, 1.82) is 0 Å². The number of hydrogen-bond donors (Lipinski definition) is 0. The third-order valence-electron chi connectivity index (χ3n) is 6.70. The Labute approximate surface area is 221 Å². The highest BCUT2D eigenvalue weighted by molar-refractivity contribution is 7.89. The molecular formula is C29H27N5O3S. The molecule has 0 radical (unpaired) electrons. The van der Waals surface area contributed by atoms with Crippen LogP contribution in [0.4, 0.5) is 5.82 Å². The Morgan fingerprint density at radius 1 is 0.737 bits per heavy atom. The van der Waals surface area contributed by atoms with Crippen molar-refractivity contribution in [2.75, 3.05) is 31.1 Å². The summed E-state index contributed by atoms with van der Waals surface area (Å²) in [5.74, 6) is 1.65. The van der Waals surface area contributed by atoms with Gasteiger partial charge in [0, 0.05) is 37.3 Å². The van der Waals surface area contributed by atoms with E-state index in [9.17, 15) is 8.42 Å². The zero-order valence-corrected chi connectivity index (χ0v) is 21.8. The molecule has 0 spiro atoms. The maximum Gasteiger partial charge on any atom is 0.243 e. The summed E-state index contributed by atoms with van der Waals surface area (Å²) >= 11 is 0. The van der Waals surface area contributed by atoms with Gasteiger partial charge in [-0.05, 0) is 37.6 Å². The normalized spacial score (nSPS) is 15.0. The number of aromatic nitrogens is 3. The van der Waals surface area contributed by atoms with Crippen molar-refractivity contribution in [1.82, 2.24) is 19.3 Å². The van der Waals surface area contributed by atoms with Crippen LogP contribution in [0, 0.1) is 6.92 Å². The third-order valence-corrected chi connectivity index (χ3v) is 8.61. The average molecular weight is 526 g/mol. The largest absolute Gasteiger partial charge is 0.430 e. The van der Waals surface area contributed by atoms with Crippen LogP contribution in [-0.4, -0.2) is 53.9 Å². The van der Waals surface area contributed by atoms with Crippen molar-refractivity contribution >= 4 is 27.1 Å². The predicted octanol–water partition coefficient (Wildman–Crippen LogP) is 5.16. The van der Waals surface area contributed by atoms with Crippen LogP contribution in [0.25, 0.3) is 34.1 Å². The van der Waals surface area contributed by atoms with Gasteiger partial charge in [-0.15, -0.1) is 0 Å². The SMILES string of the molecule is Cc1ccc(S(=O)(=O)N2CCCN(c3nc(-c4ccccc4)nc4nc(-c5ccccc5)oc34)CC2)cc1. The number of hydrogen-bond acceptors (Lipinski definition) is 7. The van der Waals surface area contributed by atoms with E-state index >= 15 is 0 Å². The molecule has 8 nitrogen and oxygen atoms in total. The van der Waals surface area contributed by atoms with Crippen LogP contribution >= 0.6 is 0 Å². The number of aryl methyl sites for hydroxylation is 1. The molecule has 2 aromatic heterocycles. The lowest BCUT2D eigenvalue weighted by Gasteiger charge is -2.23. The molecule has 5 aromatic rings. The molecular weight excluding hydrogens is 498 g/mol. The molecule has 38 heavy (non-hydrogen) atoms. The van der Waals surface area contributed by atoms with Crippen molar-refractivity contribution in [2.45, 2.75) is 18.2 Å². The molecule has 0 atom stereocenters. The topological polar surface area (TPSA) is 92.4 Å². The summed E-state index contributed by atoms with van der Waals surface area (Å²) in [6.45, 7) is 3.80. The molecule has 0 saturated carbocycles. The van der Waals surface area contributed by atoms with E-state index in [1.807, 2.05) is 79.7 Å². The van der Waals surface area contributed by atoms with Crippen LogP contribution < -0.4 is 4.90 Å². The van der Waals surface area contributed by atoms with E-state index in [2.05, 4.69) is 4.90 Å². The van der Waals surface area contributed by atoms with Crippen molar-refractivity contribution in [3.8, 4) is 22.8 Å². The molecule has 0 aliphatic carbocycles. The van der Waals surface area contributed by atoms with Crippen molar-refractivity contribution in [3.05, 3.63) is 90.5 Å². The van der Waals surface area contributed by atoms with E-state index < -0.39 is 10.0 Å². The Hall–Kier alpha value is -4.08. The minimum absolute atomic E-state index is 0.315. The quantitative estimate of drug-likeness (QED) is 0.313. The highest BCUT2D eigenvalue weighted by Gasteiger charge is 2.29. The molecule has 0 bridgehead atoms. The van der Waals surface area contributed by atoms with Crippen molar-refractivity contribution in [3.63, 3.8) is 0 Å². The number of benzene rings is 3. The van der Waals surface area contributed by atoms with E-state index in [0.29, 0.717) is 66.3 Å². The van der Waals surface area contributed by atoms with Crippen LogP contribution in [0.1, 0.15) is 12.0 Å². The minimum Gasteiger partial charge on any atom is -0.430 e. The van der Waals surface area contributed by atoms with Gasteiger partial charge >= 0.3 is 0 Å². The number of fused-ring (bicyclic) bond motifs is 1. The molecule has 3 heterocycles. The van der Waals surface area contributed by atoms with Crippen LogP contribution in [0.5, 0.6) is 0 Å². The first-order valence-electron chi connectivity index (χ1n) is 12.6. The second-order valence-electron chi connectivity index (χ2n) is 9.33. The molecule has 0 amide bonds. The molecule has 0 N–H and O–H groups in total. The molecule has 1 aliphatic rings. The van der Waals surface area contributed by atoms with E-state index in [4.69, 9.17) is 19.4 Å². The number of rotatable bonds is 5. The first-order chi connectivity index (χ1) is 18.5. The highest BCUT2D eigenvalue weighted by atomic mass is 32.2. The molecule has 3 aromatic carbocycles. The van der Waals surface area contributed by atoms with Crippen molar-refractivity contribution in [2.24, 2.45) is 0 Å². The standard InChI is InChI=1S/C29H27N5O3S/c1-21-13-15-24(16-14-21)38(35,36)34-18-8-17-33(19-20-34)28-25-27(30-26(31-28)22-9-4-2-5-10-22)32-29(37-25)23-11-6-3-7-12-23/h2-7,9-16H,8,17-20H2,1H3. The first kappa shape index (κ1) is 24.3. The predicted molar refractivity (Wildman–Crippen MR) is 147 cm³/mol. The summed E-state index contributed by atoms with van der Waals surface area (Å²) in [5.41, 5.74) is 3.72. The number of sulfonamides is 1. The van der Waals surface area contributed by atoms with E-state index in [1.54, 1.807) is 16.4 Å². The smallest absolute Gasteiger partial charge is 0.243 e. The molecule has 9 heteroatoms. The Morgan fingerprint density at radius 3 is 2.13 bits per heavy atom. The first-order valence-corrected chi connectivity index (χ1v) is 14.0. The van der Waals surface area contributed by atoms with Crippen LogP contribution in [-0.2, 0) is 10.0 Å². The van der Waals surface area contributed by atoms with E-state index in [0.717, 1.165) is 16.7 Å². The van der Waals surface area contributed by atoms with Crippen LogP contribution in [0.2, 0.25) is 0 Å². The number of oxazole rings is 1. The van der Waals surface area contributed by atoms with Gasteiger partial charge in [-0.2, -0.15) is 9.29 Å². The molecule has 6 rings (SSSR count). The zero-order valence-electron chi connectivity index (χ0n) is 21.0. The van der Waals surface area contributed by atoms with Gasteiger partial charge in [0.05, 0.1) is 4.90 Å². The zero-order chi connectivity index (χ0) is 26.1. The summed E-state index contributed by atoms with van der Waals surface area (Å²) in [7, 11) is -3.60. The maximum atomic E-state index is 13.4. The fourth-order valence-electron chi connectivity index (χ4n) is 4.65. The Morgan fingerprint density at radius 2 is 1.42 bits per heavy atom. The van der Waals surface area contributed by atoms with Crippen LogP contribution in [0.15, 0.2) is 94.2 Å². The second-order valence-corrected chi connectivity index (χ2v) is 11.3. The summed E-state index contributed by atoms with van der Waals surface area (Å²) in [4.78, 5) is 16.7. The molecule has 1 fully saturated rings. The van der Waals surface area contributed by atoms with Crippen LogP contribution in [0.3, 0.4) is 0 Å². The summed E-state index contributed by atoms with van der Waals surface area (Å²) in [5, 5.41) is 0. The fraction of sp³-hybridized carbons (Fsp3) is 0.207. The Bertz CT molecular complexity index is 1670. The lowest BCUT2D eigenvalue weighted by atomic mass is 10.2. The molecule has 1 aliphatic heterocycles. The maximum absolute atomic E-state index is 13.4. The van der Waals surface area contributed by atoms with E-state index in [1.165, 1.54) is 0 Å². The Balaban J connectivity index is 1.37. The van der Waals surface area contributed by atoms with Gasteiger partial charge < -0.3 is 9.32 Å². The molecule has 0 unspecified atom stereocenters. The lowest BCUT2D eigenvalue weighted by molar-refractivity contribution is 0.433. The summed E-state index contributed by atoms with van der Waals surface area (Å²) < 4.78 is 34.5. The van der Waals surface area contributed by atoms with Gasteiger partial charge in [-0.3, -0.25) is 0 Å². The lowest BCUT2D eigenvalue weighted by Crippen LogP contribution is -2.35. The molecule has 192 valence electrons. The average Bonchev–Trinajstić information content (AvgIpc) is 3.23. The van der Waals surface area contributed by atoms with Gasteiger partial charge in [-0.25, -0.2) is 18.4 Å². The number of nitrogens with zero attached hydrogens (tertiary/aromatic N) is 5. The fourth-order valence-corrected chi connectivity index (χ4v) is 6.12. The van der Waals surface area contributed by atoms with Gasteiger partial charge in [0.25, 0.3) is 0 Å². The summed E-state index contributed by atoms with van der Waals surface area (Å²) in [6.07, 6.45) is 0.650. The summed E-state index contributed by atoms with van der Waals surface area (Å²) in [6, 6.07) is 26.5. The van der Waals surface area contributed by atoms with Gasteiger partial charge in [0.1, 0.15) is 0 Å². The third kappa shape index (κ3) is 4.66. The van der Waals surface area contributed by atoms with Gasteiger partial charge in [0.15, 0.2) is 11.6 Å². The molecule has 1 saturated heterocycles. The van der Waals surface area contributed by atoms with Gasteiger partial charge in [0.2, 0.25) is 27.1 Å². The van der Waals surface area contributed by atoms with Crippen molar-refractivity contribution < 1.29 is 12.8 Å². The van der Waals surface area contributed by atoms with E-state index in [-0.39, 0.29) is 0 Å².